The van der Waals surface area contributed by atoms with E-state index >= 15 is 0 Å². The third-order valence-electron chi connectivity index (χ3n) is 4.91. The second kappa shape index (κ2) is 7.56. The normalized spacial score (nSPS) is 11.1. The Morgan fingerprint density at radius 3 is 2.42 bits per heavy atom. The second-order valence-electron chi connectivity index (χ2n) is 6.63. The van der Waals surface area contributed by atoms with Crippen molar-refractivity contribution in [1.82, 2.24) is 9.78 Å². The van der Waals surface area contributed by atoms with Gasteiger partial charge < -0.3 is 5.73 Å². The minimum absolute atomic E-state index is 0.413. The molecule has 0 aliphatic heterocycles. The Bertz CT molecular complexity index is 923. The van der Waals surface area contributed by atoms with Gasteiger partial charge in [0.15, 0.2) is 0 Å². The van der Waals surface area contributed by atoms with Crippen LogP contribution in [-0.4, -0.2) is 15.7 Å². The number of aryl methyl sites for hydroxylation is 1. The molecule has 0 bridgehead atoms. The van der Waals surface area contributed by atoms with Crippen molar-refractivity contribution in [1.29, 1.82) is 0 Å². The van der Waals surface area contributed by atoms with Crippen molar-refractivity contribution < 1.29 is 4.79 Å². The lowest BCUT2D eigenvalue weighted by Crippen LogP contribution is -2.10. The molecule has 1 heterocycles. The summed E-state index contributed by atoms with van der Waals surface area (Å²) in [5.74, 6) is 0.0731. The molecule has 2 N–H and O–H groups in total. The maximum atomic E-state index is 11.5. The first-order chi connectivity index (χ1) is 12.5. The van der Waals surface area contributed by atoms with Crippen LogP contribution in [-0.2, 0) is 0 Å². The smallest absolute Gasteiger partial charge is 0.248 e. The number of nitrogens with zero attached hydrogens (tertiary/aromatic N) is 2. The van der Waals surface area contributed by atoms with Crippen LogP contribution in [0, 0.1) is 6.92 Å². The molecule has 0 aliphatic rings. The van der Waals surface area contributed by atoms with Gasteiger partial charge in [-0.2, -0.15) is 5.10 Å². The number of nitrogens with two attached hydrogens (primary N) is 1. The van der Waals surface area contributed by atoms with Gasteiger partial charge in [-0.1, -0.05) is 38.1 Å². The van der Waals surface area contributed by atoms with Crippen LogP contribution in [0.15, 0.2) is 54.7 Å². The Kier molecular flexibility index (Phi) is 5.21. The maximum absolute atomic E-state index is 11.5. The average molecular weight is 347 g/mol. The number of hydrogen-bond donors (Lipinski definition) is 1. The summed E-state index contributed by atoms with van der Waals surface area (Å²) in [6.45, 7) is 6.43. The Labute approximate surface area is 154 Å². The Hall–Kier alpha value is -2.88. The van der Waals surface area contributed by atoms with Gasteiger partial charge >= 0.3 is 0 Å². The molecule has 3 aromatic rings. The van der Waals surface area contributed by atoms with Gasteiger partial charge in [0.2, 0.25) is 5.91 Å². The van der Waals surface area contributed by atoms with Crippen LogP contribution in [0.1, 0.15) is 54.2 Å². The number of hydrogen-bond acceptors (Lipinski definition) is 2. The molecule has 0 radical (unpaired) electrons. The molecule has 0 spiro atoms. The van der Waals surface area contributed by atoms with E-state index in [9.17, 15) is 4.79 Å². The van der Waals surface area contributed by atoms with Crippen LogP contribution in [0.25, 0.3) is 16.8 Å². The second-order valence-corrected chi connectivity index (χ2v) is 6.63. The Morgan fingerprint density at radius 1 is 1.08 bits per heavy atom. The lowest BCUT2D eigenvalue weighted by Gasteiger charge is -2.19. The summed E-state index contributed by atoms with van der Waals surface area (Å²) in [6.07, 6.45) is 4.17. The number of aromatic nitrogens is 2. The monoisotopic (exact) mass is 347 g/mol. The molecule has 4 nitrogen and oxygen atoms in total. The SMILES string of the molecule is CCC(CC)c1ccc(-c2cccc(C(N)=O)c2)cc1-n1ccc(C)n1. The van der Waals surface area contributed by atoms with Crippen molar-refractivity contribution in [2.45, 2.75) is 39.5 Å². The summed E-state index contributed by atoms with van der Waals surface area (Å²) in [5.41, 5.74) is 11.3. The predicted octanol–water partition coefficient (Wildman–Crippen LogP) is 4.85. The van der Waals surface area contributed by atoms with E-state index in [4.69, 9.17) is 5.73 Å². The van der Waals surface area contributed by atoms with E-state index in [1.54, 1.807) is 6.07 Å². The van der Waals surface area contributed by atoms with E-state index in [-0.39, 0.29) is 0 Å². The fourth-order valence-electron chi connectivity index (χ4n) is 3.40. The molecule has 0 saturated carbocycles. The van der Waals surface area contributed by atoms with Gasteiger partial charge in [0.25, 0.3) is 0 Å². The third-order valence-corrected chi connectivity index (χ3v) is 4.91. The summed E-state index contributed by atoms with van der Waals surface area (Å²) in [7, 11) is 0. The number of amides is 1. The highest BCUT2D eigenvalue weighted by molar-refractivity contribution is 5.94. The molecule has 134 valence electrons. The fourth-order valence-corrected chi connectivity index (χ4v) is 3.40. The van der Waals surface area contributed by atoms with Crippen molar-refractivity contribution in [3.63, 3.8) is 0 Å². The first-order valence-corrected chi connectivity index (χ1v) is 9.10. The van der Waals surface area contributed by atoms with Crippen molar-refractivity contribution in [2.24, 2.45) is 5.73 Å². The molecule has 1 amide bonds. The van der Waals surface area contributed by atoms with Crippen molar-refractivity contribution >= 4 is 5.91 Å². The van der Waals surface area contributed by atoms with Crippen LogP contribution < -0.4 is 5.73 Å². The Balaban J connectivity index is 2.14. The largest absolute Gasteiger partial charge is 0.366 e. The topological polar surface area (TPSA) is 60.9 Å². The molecule has 1 aromatic heterocycles. The van der Waals surface area contributed by atoms with Crippen LogP contribution >= 0.6 is 0 Å². The van der Waals surface area contributed by atoms with E-state index in [2.05, 4.69) is 37.1 Å². The van der Waals surface area contributed by atoms with Gasteiger partial charge in [0.1, 0.15) is 0 Å². The van der Waals surface area contributed by atoms with Crippen LogP contribution in [0.3, 0.4) is 0 Å². The van der Waals surface area contributed by atoms with Crippen LogP contribution in [0.4, 0.5) is 0 Å². The molecular weight excluding hydrogens is 322 g/mol. The molecule has 0 unspecified atom stereocenters. The number of rotatable bonds is 6. The molecule has 0 atom stereocenters. The summed E-state index contributed by atoms with van der Waals surface area (Å²) >= 11 is 0. The highest BCUT2D eigenvalue weighted by atomic mass is 16.1. The third kappa shape index (κ3) is 3.54. The standard InChI is InChI=1S/C22H25N3O/c1-4-16(5-2)20-10-9-18(14-21(20)25-12-11-15(3)24-25)17-7-6-8-19(13-17)22(23)26/h6-14,16H,4-5H2,1-3H3,(H2,23,26). The van der Waals surface area contributed by atoms with Gasteiger partial charge in [-0.3, -0.25) is 4.79 Å². The van der Waals surface area contributed by atoms with Gasteiger partial charge in [-0.05, 0) is 66.6 Å². The van der Waals surface area contributed by atoms with Gasteiger partial charge in [0.05, 0.1) is 11.4 Å². The van der Waals surface area contributed by atoms with Crippen LogP contribution in [0.2, 0.25) is 0 Å². The lowest BCUT2D eigenvalue weighted by molar-refractivity contribution is 0.100. The zero-order valence-corrected chi connectivity index (χ0v) is 15.6. The highest BCUT2D eigenvalue weighted by Gasteiger charge is 2.15. The van der Waals surface area contributed by atoms with Gasteiger partial charge in [-0.15, -0.1) is 0 Å². The lowest BCUT2D eigenvalue weighted by atomic mass is 9.90. The number of primary amides is 1. The maximum Gasteiger partial charge on any atom is 0.248 e. The molecule has 3 rings (SSSR count). The number of benzene rings is 2. The number of carbonyl (C=O) groups is 1. The van der Waals surface area contributed by atoms with E-state index < -0.39 is 5.91 Å². The first-order valence-electron chi connectivity index (χ1n) is 9.10. The highest BCUT2D eigenvalue weighted by Crippen LogP contribution is 2.32. The summed E-state index contributed by atoms with van der Waals surface area (Å²) in [4.78, 5) is 11.5. The molecule has 2 aromatic carbocycles. The quantitative estimate of drug-likeness (QED) is 0.693. The predicted molar refractivity (Wildman–Crippen MR) is 106 cm³/mol. The molecule has 0 saturated heterocycles. The van der Waals surface area contributed by atoms with Crippen molar-refractivity contribution in [2.75, 3.05) is 0 Å². The van der Waals surface area contributed by atoms with Crippen molar-refractivity contribution in [3.05, 3.63) is 71.5 Å². The minimum Gasteiger partial charge on any atom is -0.366 e. The molecule has 4 heteroatoms. The van der Waals surface area contributed by atoms with Gasteiger partial charge in [-0.25, -0.2) is 4.68 Å². The van der Waals surface area contributed by atoms with E-state index in [1.165, 1.54) is 5.56 Å². The summed E-state index contributed by atoms with van der Waals surface area (Å²) in [5, 5.41) is 4.62. The van der Waals surface area contributed by atoms with Gasteiger partial charge in [0, 0.05) is 11.8 Å². The average Bonchev–Trinajstić information content (AvgIpc) is 3.09. The zero-order chi connectivity index (χ0) is 18.7. The first kappa shape index (κ1) is 17.9. The van der Waals surface area contributed by atoms with E-state index in [0.717, 1.165) is 35.3 Å². The summed E-state index contributed by atoms with van der Waals surface area (Å²) < 4.78 is 1.95. The molecule has 0 aliphatic carbocycles. The Morgan fingerprint density at radius 2 is 1.81 bits per heavy atom. The van der Waals surface area contributed by atoms with Crippen LogP contribution in [0.5, 0.6) is 0 Å². The van der Waals surface area contributed by atoms with E-state index in [0.29, 0.717) is 11.5 Å². The molecule has 0 fully saturated rings. The fraction of sp³-hybridized carbons (Fsp3) is 0.273. The molecular formula is C22H25N3O. The van der Waals surface area contributed by atoms with E-state index in [1.807, 2.05) is 42.1 Å². The zero-order valence-electron chi connectivity index (χ0n) is 15.6. The molecule has 26 heavy (non-hydrogen) atoms. The summed E-state index contributed by atoms with van der Waals surface area (Å²) in [6, 6.07) is 15.9. The van der Waals surface area contributed by atoms with Crippen molar-refractivity contribution in [3.8, 4) is 16.8 Å². The number of carbonyl (C=O) groups excluding carboxylic acids is 1. The minimum atomic E-state index is -0.413.